The predicted molar refractivity (Wildman–Crippen MR) is 76.6 cm³/mol. The second kappa shape index (κ2) is 8.47. The first-order valence-electron chi connectivity index (χ1n) is 6.13. The number of carbonyl (C=O) groups excluding carboxylic acids is 2. The summed E-state index contributed by atoms with van der Waals surface area (Å²) in [6.07, 6.45) is 2.90. The molecular formula is C14H17N3O3. The topological polar surface area (TPSA) is 79.8 Å². The van der Waals surface area contributed by atoms with Crippen molar-refractivity contribution in [3.63, 3.8) is 0 Å². The molecule has 0 unspecified atom stereocenters. The van der Waals surface area contributed by atoms with Gasteiger partial charge in [0.2, 0.25) is 0 Å². The normalized spacial score (nSPS) is 10.1. The number of amides is 2. The Morgan fingerprint density at radius 3 is 2.80 bits per heavy atom. The van der Waals surface area contributed by atoms with Crippen LogP contribution in [0.3, 0.4) is 0 Å². The van der Waals surface area contributed by atoms with Crippen molar-refractivity contribution in [2.24, 2.45) is 5.10 Å². The molecule has 0 heterocycles. The minimum atomic E-state index is -0.836. The first-order chi connectivity index (χ1) is 9.69. The monoisotopic (exact) mass is 275 g/mol. The average Bonchev–Trinajstić information content (AvgIpc) is 2.46. The highest BCUT2D eigenvalue weighted by Gasteiger charge is 2.10. The summed E-state index contributed by atoms with van der Waals surface area (Å²) in [7, 11) is 0. The second-order valence-electron chi connectivity index (χ2n) is 3.67. The molecule has 1 aromatic carbocycles. The van der Waals surface area contributed by atoms with Crippen molar-refractivity contribution in [1.82, 2.24) is 10.7 Å². The average molecular weight is 275 g/mol. The van der Waals surface area contributed by atoms with Crippen LogP contribution in [0.4, 0.5) is 0 Å². The fourth-order valence-electron chi connectivity index (χ4n) is 1.33. The highest BCUT2D eigenvalue weighted by molar-refractivity contribution is 6.35. The summed E-state index contributed by atoms with van der Waals surface area (Å²) in [6, 6.07) is 7.24. The van der Waals surface area contributed by atoms with Gasteiger partial charge in [-0.25, -0.2) is 5.43 Å². The van der Waals surface area contributed by atoms with Crippen LogP contribution in [0.15, 0.2) is 42.0 Å². The lowest BCUT2D eigenvalue weighted by molar-refractivity contribution is -0.139. The minimum Gasteiger partial charge on any atom is -0.493 e. The van der Waals surface area contributed by atoms with Gasteiger partial charge in [-0.05, 0) is 19.1 Å². The number of ether oxygens (including phenoxy) is 1. The van der Waals surface area contributed by atoms with E-state index >= 15 is 0 Å². The van der Waals surface area contributed by atoms with Crippen LogP contribution in [0.1, 0.15) is 12.5 Å². The van der Waals surface area contributed by atoms with E-state index in [0.717, 1.165) is 0 Å². The molecule has 1 aromatic rings. The maximum absolute atomic E-state index is 11.3. The number of para-hydroxylation sites is 1. The van der Waals surface area contributed by atoms with E-state index in [4.69, 9.17) is 4.74 Å². The van der Waals surface area contributed by atoms with Crippen molar-refractivity contribution in [3.05, 3.63) is 42.5 Å². The number of hydrogen-bond donors (Lipinski definition) is 2. The van der Waals surface area contributed by atoms with E-state index in [1.165, 1.54) is 12.3 Å². The van der Waals surface area contributed by atoms with Crippen molar-refractivity contribution >= 4 is 18.0 Å². The molecule has 1 rings (SSSR count). The van der Waals surface area contributed by atoms with Crippen molar-refractivity contribution < 1.29 is 14.3 Å². The Bertz CT molecular complexity index is 512. The van der Waals surface area contributed by atoms with E-state index in [0.29, 0.717) is 17.9 Å². The number of hydrogen-bond acceptors (Lipinski definition) is 4. The molecule has 0 saturated carbocycles. The Kier molecular flexibility index (Phi) is 6.53. The van der Waals surface area contributed by atoms with Gasteiger partial charge in [0.15, 0.2) is 0 Å². The molecule has 0 saturated heterocycles. The Morgan fingerprint density at radius 2 is 2.10 bits per heavy atom. The molecule has 20 heavy (non-hydrogen) atoms. The minimum absolute atomic E-state index is 0.225. The van der Waals surface area contributed by atoms with Crippen LogP contribution in [0.25, 0.3) is 0 Å². The molecule has 0 aliphatic rings. The number of benzene rings is 1. The van der Waals surface area contributed by atoms with E-state index in [-0.39, 0.29) is 6.54 Å². The van der Waals surface area contributed by atoms with E-state index in [1.807, 2.05) is 19.1 Å². The van der Waals surface area contributed by atoms with Crippen molar-refractivity contribution in [2.75, 3.05) is 13.2 Å². The zero-order valence-electron chi connectivity index (χ0n) is 11.3. The zero-order valence-corrected chi connectivity index (χ0v) is 11.3. The van der Waals surface area contributed by atoms with E-state index in [1.54, 1.807) is 12.1 Å². The van der Waals surface area contributed by atoms with Gasteiger partial charge in [0, 0.05) is 12.1 Å². The number of nitrogens with zero attached hydrogens (tertiary/aromatic N) is 1. The number of nitrogens with one attached hydrogen (secondary N) is 2. The number of rotatable bonds is 6. The molecule has 0 aromatic heterocycles. The molecule has 2 N–H and O–H groups in total. The summed E-state index contributed by atoms with van der Waals surface area (Å²) < 4.78 is 5.40. The van der Waals surface area contributed by atoms with Crippen LogP contribution < -0.4 is 15.5 Å². The third kappa shape index (κ3) is 4.93. The summed E-state index contributed by atoms with van der Waals surface area (Å²) >= 11 is 0. The summed E-state index contributed by atoms with van der Waals surface area (Å²) in [6.45, 7) is 6.06. The SMILES string of the molecule is C=CCNC(=O)C(=O)N/N=C/c1ccccc1OCC. The molecule has 0 radical (unpaired) electrons. The Morgan fingerprint density at radius 1 is 1.35 bits per heavy atom. The smallest absolute Gasteiger partial charge is 0.329 e. The van der Waals surface area contributed by atoms with Crippen molar-refractivity contribution in [1.29, 1.82) is 0 Å². The largest absolute Gasteiger partial charge is 0.493 e. The summed E-state index contributed by atoms with van der Waals surface area (Å²) in [5.41, 5.74) is 2.85. The molecule has 6 heteroatoms. The molecule has 0 atom stereocenters. The Labute approximate surface area is 117 Å². The van der Waals surface area contributed by atoms with Crippen molar-refractivity contribution in [2.45, 2.75) is 6.92 Å². The zero-order chi connectivity index (χ0) is 14.8. The maximum Gasteiger partial charge on any atom is 0.329 e. The van der Waals surface area contributed by atoms with Gasteiger partial charge in [-0.1, -0.05) is 18.2 Å². The molecule has 106 valence electrons. The number of hydrazone groups is 1. The molecule has 0 aliphatic heterocycles. The standard InChI is InChI=1S/C14H17N3O3/c1-3-9-15-13(18)14(19)17-16-10-11-7-5-6-8-12(11)20-4-2/h3,5-8,10H,1,4,9H2,2H3,(H,15,18)(H,17,19)/b16-10+. The quantitative estimate of drug-likeness (QED) is 0.349. The van der Waals surface area contributed by atoms with Gasteiger partial charge in [0.05, 0.1) is 12.8 Å². The Hall–Kier alpha value is -2.63. The van der Waals surface area contributed by atoms with E-state index in [2.05, 4.69) is 22.4 Å². The summed E-state index contributed by atoms with van der Waals surface area (Å²) in [4.78, 5) is 22.6. The van der Waals surface area contributed by atoms with Crippen LogP contribution in [-0.2, 0) is 9.59 Å². The molecule has 0 spiro atoms. The fraction of sp³-hybridized carbons (Fsp3) is 0.214. The first kappa shape index (κ1) is 15.4. The van der Waals surface area contributed by atoms with Gasteiger partial charge >= 0.3 is 11.8 Å². The van der Waals surface area contributed by atoms with Gasteiger partial charge < -0.3 is 10.1 Å². The second-order valence-corrected chi connectivity index (χ2v) is 3.67. The summed E-state index contributed by atoms with van der Waals surface area (Å²) in [5, 5.41) is 6.07. The van der Waals surface area contributed by atoms with Crippen LogP contribution in [-0.4, -0.2) is 31.2 Å². The third-order valence-corrected chi connectivity index (χ3v) is 2.20. The summed E-state index contributed by atoms with van der Waals surface area (Å²) in [5.74, 6) is -0.943. The molecule has 6 nitrogen and oxygen atoms in total. The van der Waals surface area contributed by atoms with Crippen molar-refractivity contribution in [3.8, 4) is 5.75 Å². The highest BCUT2D eigenvalue weighted by atomic mass is 16.5. The number of carbonyl (C=O) groups is 2. The van der Waals surface area contributed by atoms with Gasteiger partial charge in [-0.3, -0.25) is 9.59 Å². The fourth-order valence-corrected chi connectivity index (χ4v) is 1.33. The predicted octanol–water partition coefficient (Wildman–Crippen LogP) is 0.838. The lowest BCUT2D eigenvalue weighted by Crippen LogP contribution is -2.37. The lowest BCUT2D eigenvalue weighted by Gasteiger charge is -2.05. The maximum atomic E-state index is 11.3. The van der Waals surface area contributed by atoms with E-state index < -0.39 is 11.8 Å². The van der Waals surface area contributed by atoms with Crippen LogP contribution in [0, 0.1) is 0 Å². The molecular weight excluding hydrogens is 258 g/mol. The van der Waals surface area contributed by atoms with Crippen LogP contribution in [0.2, 0.25) is 0 Å². The van der Waals surface area contributed by atoms with Crippen LogP contribution in [0.5, 0.6) is 5.75 Å². The molecule has 2 amide bonds. The van der Waals surface area contributed by atoms with Gasteiger partial charge in [0.1, 0.15) is 5.75 Å². The van der Waals surface area contributed by atoms with E-state index in [9.17, 15) is 9.59 Å². The third-order valence-electron chi connectivity index (χ3n) is 2.20. The highest BCUT2D eigenvalue weighted by Crippen LogP contribution is 2.15. The van der Waals surface area contributed by atoms with Gasteiger partial charge in [0.25, 0.3) is 0 Å². The van der Waals surface area contributed by atoms with Gasteiger partial charge in [-0.15, -0.1) is 6.58 Å². The Balaban J connectivity index is 2.58. The molecule has 0 bridgehead atoms. The van der Waals surface area contributed by atoms with Crippen LogP contribution >= 0.6 is 0 Å². The first-order valence-corrected chi connectivity index (χ1v) is 6.13. The molecule has 0 aliphatic carbocycles. The van der Waals surface area contributed by atoms with Gasteiger partial charge in [-0.2, -0.15) is 5.10 Å². The molecule has 0 fully saturated rings. The lowest BCUT2D eigenvalue weighted by atomic mass is 10.2.